The lowest BCUT2D eigenvalue weighted by atomic mass is 10.1. The van der Waals surface area contributed by atoms with Gasteiger partial charge in [-0.3, -0.25) is 14.4 Å². The van der Waals surface area contributed by atoms with E-state index in [1.807, 2.05) is 0 Å². The minimum absolute atomic E-state index is 0.0830. The van der Waals surface area contributed by atoms with Crippen LogP contribution in [-0.2, 0) is 28.6 Å². The SMILES string of the molecule is CC/C=C\C/C=C\C/C=C\C/C=C\C/C=C\C/C=C\C/C=C\C/C=C\C/C=C\CCCCCCCCCC(=O)OCC(COC(=O)CCCCCCC)OC(=O)CCCCCCCCCCC/C=C\CCCCCCCCCC. The van der Waals surface area contributed by atoms with Gasteiger partial charge in [-0.2, -0.15) is 0 Å². The van der Waals surface area contributed by atoms with Crippen LogP contribution in [0.5, 0.6) is 0 Å². The highest BCUT2D eigenvalue weighted by molar-refractivity contribution is 5.71. The summed E-state index contributed by atoms with van der Waals surface area (Å²) in [5.41, 5.74) is 0. The molecule has 0 radical (unpaired) electrons. The molecule has 1 unspecified atom stereocenters. The first kappa shape index (κ1) is 74.8. The smallest absolute Gasteiger partial charge is 0.306 e. The maximum absolute atomic E-state index is 12.8. The van der Waals surface area contributed by atoms with E-state index in [1.54, 1.807) is 0 Å². The summed E-state index contributed by atoms with van der Waals surface area (Å²) in [6.45, 7) is 6.45. The highest BCUT2D eigenvalue weighted by Crippen LogP contribution is 2.16. The minimum Gasteiger partial charge on any atom is -0.462 e. The van der Waals surface area contributed by atoms with Crippen molar-refractivity contribution in [1.29, 1.82) is 0 Å². The van der Waals surface area contributed by atoms with Crippen molar-refractivity contribution < 1.29 is 28.6 Å². The van der Waals surface area contributed by atoms with E-state index in [9.17, 15) is 14.4 Å². The molecule has 0 spiro atoms. The second kappa shape index (κ2) is 66.3. The number of carbonyl (C=O) groups excluding carboxylic acids is 3. The molecule has 0 saturated heterocycles. The van der Waals surface area contributed by atoms with Gasteiger partial charge in [0, 0.05) is 19.3 Å². The fourth-order valence-electron chi connectivity index (χ4n) is 9.02. The lowest BCUT2D eigenvalue weighted by Gasteiger charge is -2.18. The summed E-state index contributed by atoms with van der Waals surface area (Å²) in [4.78, 5) is 37.9. The maximum Gasteiger partial charge on any atom is 0.306 e. The molecule has 0 rings (SSSR count). The van der Waals surface area contributed by atoms with E-state index < -0.39 is 6.10 Å². The second-order valence-electron chi connectivity index (χ2n) is 21.6. The molecule has 0 N–H and O–H groups in total. The number of unbranched alkanes of at least 4 members (excludes halogenated alkanes) is 28. The molecule has 0 aliphatic heterocycles. The third-order valence-corrected chi connectivity index (χ3v) is 14.0. The van der Waals surface area contributed by atoms with Crippen LogP contribution in [0.15, 0.2) is 122 Å². The molecule has 0 aromatic rings. The lowest BCUT2D eigenvalue weighted by Crippen LogP contribution is -2.30. The fraction of sp³-hybridized carbons (Fsp3) is 0.685. The summed E-state index contributed by atoms with van der Waals surface area (Å²) in [5.74, 6) is -0.906. The van der Waals surface area contributed by atoms with Gasteiger partial charge in [-0.1, -0.05) is 290 Å². The quantitative estimate of drug-likeness (QED) is 0.0261. The van der Waals surface area contributed by atoms with Gasteiger partial charge in [-0.05, 0) is 116 Å². The first-order valence-electron chi connectivity index (χ1n) is 33.0. The molecule has 0 heterocycles. The lowest BCUT2D eigenvalue weighted by molar-refractivity contribution is -0.167. The van der Waals surface area contributed by atoms with Crippen molar-refractivity contribution in [2.75, 3.05) is 13.2 Å². The van der Waals surface area contributed by atoms with E-state index in [0.29, 0.717) is 19.3 Å². The molecule has 450 valence electrons. The number of rotatable bonds is 59. The Morgan fingerprint density at radius 1 is 0.266 bits per heavy atom. The van der Waals surface area contributed by atoms with E-state index in [0.717, 1.165) is 128 Å². The number of allylic oxidation sites excluding steroid dienone is 20. The van der Waals surface area contributed by atoms with Crippen LogP contribution in [-0.4, -0.2) is 37.2 Å². The molecule has 0 aromatic carbocycles. The van der Waals surface area contributed by atoms with Gasteiger partial charge in [0.1, 0.15) is 13.2 Å². The van der Waals surface area contributed by atoms with Crippen molar-refractivity contribution >= 4 is 17.9 Å². The monoisotopic (exact) mass is 1090 g/mol. The average molecular weight is 1100 g/mol. The molecule has 0 saturated carbocycles. The van der Waals surface area contributed by atoms with Crippen LogP contribution in [0.3, 0.4) is 0 Å². The van der Waals surface area contributed by atoms with E-state index in [2.05, 4.69) is 142 Å². The Bertz CT molecular complexity index is 1640. The number of esters is 3. The predicted octanol–water partition coefficient (Wildman–Crippen LogP) is 22.8. The average Bonchev–Trinajstić information content (AvgIpc) is 3.45. The fourth-order valence-corrected chi connectivity index (χ4v) is 9.02. The zero-order valence-electron chi connectivity index (χ0n) is 51.6. The molecule has 6 nitrogen and oxygen atoms in total. The van der Waals surface area contributed by atoms with Crippen molar-refractivity contribution in [2.45, 2.75) is 309 Å². The summed E-state index contributed by atoms with van der Waals surface area (Å²) in [7, 11) is 0. The molecule has 6 heteroatoms. The van der Waals surface area contributed by atoms with Gasteiger partial charge in [-0.25, -0.2) is 0 Å². The molecule has 0 aliphatic rings. The van der Waals surface area contributed by atoms with Crippen LogP contribution < -0.4 is 0 Å². The molecule has 0 amide bonds. The highest BCUT2D eigenvalue weighted by Gasteiger charge is 2.19. The Balaban J connectivity index is 4.07. The third kappa shape index (κ3) is 64.5. The van der Waals surface area contributed by atoms with E-state index in [4.69, 9.17) is 14.2 Å². The Labute approximate surface area is 488 Å². The Kier molecular flexibility index (Phi) is 62.8. The number of hydrogen-bond donors (Lipinski definition) is 0. The van der Waals surface area contributed by atoms with Gasteiger partial charge in [-0.15, -0.1) is 0 Å². The van der Waals surface area contributed by atoms with Crippen LogP contribution in [0.25, 0.3) is 0 Å². The van der Waals surface area contributed by atoms with Crippen molar-refractivity contribution in [3.63, 3.8) is 0 Å². The first-order chi connectivity index (χ1) is 39.0. The number of carbonyl (C=O) groups is 3. The molecule has 0 fully saturated rings. The summed E-state index contributed by atoms with van der Waals surface area (Å²) >= 11 is 0. The van der Waals surface area contributed by atoms with Crippen LogP contribution in [0, 0.1) is 0 Å². The van der Waals surface area contributed by atoms with Crippen LogP contribution >= 0.6 is 0 Å². The summed E-state index contributed by atoms with van der Waals surface area (Å²) in [5, 5.41) is 0. The molecule has 79 heavy (non-hydrogen) atoms. The third-order valence-electron chi connectivity index (χ3n) is 14.0. The van der Waals surface area contributed by atoms with Gasteiger partial charge in [0.2, 0.25) is 0 Å². The molecule has 0 aromatic heterocycles. The maximum atomic E-state index is 12.8. The van der Waals surface area contributed by atoms with E-state index >= 15 is 0 Å². The van der Waals surface area contributed by atoms with Gasteiger partial charge < -0.3 is 14.2 Å². The van der Waals surface area contributed by atoms with Crippen molar-refractivity contribution in [3.8, 4) is 0 Å². The first-order valence-corrected chi connectivity index (χ1v) is 33.0. The Hall–Kier alpha value is -4.19. The summed E-state index contributed by atoms with van der Waals surface area (Å²) in [6.07, 6.45) is 92.6. The molecule has 0 aliphatic carbocycles. The van der Waals surface area contributed by atoms with E-state index in [1.165, 1.54) is 135 Å². The van der Waals surface area contributed by atoms with Gasteiger partial charge in [0.05, 0.1) is 0 Å². The second-order valence-corrected chi connectivity index (χ2v) is 21.6. The number of ether oxygens (including phenoxy) is 3. The largest absolute Gasteiger partial charge is 0.462 e. The minimum atomic E-state index is -0.782. The standard InChI is InChI=1S/C73H122O6/c1-4-7-10-13-15-17-19-21-23-25-27-29-30-31-32-33-34-35-36-37-38-39-40-41-42-44-45-47-49-51-53-55-57-60-63-66-72(75)78-69-70(68-77-71(74)65-62-59-12-9-6-3)79-73(76)67-64-61-58-56-54-52-50-48-46-43-28-26-24-22-20-18-16-14-11-8-5-2/h7,10,15,17,21,23,26-29,31-32,34-35,37-38,40-41,44-45,70H,4-6,8-9,11-14,16,18-20,22,24-25,30,33,36,39,42-43,46-69H2,1-3H3/b10-7-,17-15-,23-21-,28-26-,29-27-,32-31-,35-34-,38-37-,41-40-,45-44-. The zero-order valence-corrected chi connectivity index (χ0v) is 51.6. The summed E-state index contributed by atoms with van der Waals surface area (Å²) in [6, 6.07) is 0. The van der Waals surface area contributed by atoms with Crippen LogP contribution in [0.1, 0.15) is 303 Å². The van der Waals surface area contributed by atoms with Crippen LogP contribution in [0.4, 0.5) is 0 Å². The Morgan fingerprint density at radius 3 is 0.785 bits per heavy atom. The van der Waals surface area contributed by atoms with Crippen molar-refractivity contribution in [3.05, 3.63) is 122 Å². The molecule has 1 atom stereocenters. The normalized spacial score (nSPS) is 12.9. The molecule has 0 bridgehead atoms. The van der Waals surface area contributed by atoms with Crippen LogP contribution in [0.2, 0.25) is 0 Å². The number of hydrogen-bond acceptors (Lipinski definition) is 6. The molecular formula is C73H122O6. The highest BCUT2D eigenvalue weighted by atomic mass is 16.6. The van der Waals surface area contributed by atoms with Crippen molar-refractivity contribution in [2.24, 2.45) is 0 Å². The van der Waals surface area contributed by atoms with Crippen molar-refractivity contribution in [1.82, 2.24) is 0 Å². The van der Waals surface area contributed by atoms with Gasteiger partial charge in [0.15, 0.2) is 6.10 Å². The van der Waals surface area contributed by atoms with Gasteiger partial charge >= 0.3 is 17.9 Å². The Morgan fingerprint density at radius 2 is 0.494 bits per heavy atom. The summed E-state index contributed by atoms with van der Waals surface area (Å²) < 4.78 is 16.8. The predicted molar refractivity (Wildman–Crippen MR) is 343 cm³/mol. The van der Waals surface area contributed by atoms with E-state index in [-0.39, 0.29) is 31.1 Å². The zero-order chi connectivity index (χ0) is 57.1. The molecular weight excluding hydrogens is 973 g/mol. The van der Waals surface area contributed by atoms with Gasteiger partial charge in [0.25, 0.3) is 0 Å². The topological polar surface area (TPSA) is 78.9 Å².